The number of carbonyl (C=O) groups excluding carboxylic acids is 1. The Kier molecular flexibility index (Phi) is 4.90. The van der Waals surface area contributed by atoms with Gasteiger partial charge in [-0.2, -0.15) is 0 Å². The summed E-state index contributed by atoms with van der Waals surface area (Å²) in [6, 6.07) is 18.3. The molecule has 0 bridgehead atoms. The summed E-state index contributed by atoms with van der Waals surface area (Å²) in [5.41, 5.74) is 2.36. The first-order chi connectivity index (χ1) is 10.7. The van der Waals surface area contributed by atoms with E-state index in [-0.39, 0.29) is 14.8 Å². The van der Waals surface area contributed by atoms with Crippen LogP contribution >= 0.6 is 23.7 Å². The van der Waals surface area contributed by atoms with Gasteiger partial charge in [0.1, 0.15) is 0 Å². The quantitative estimate of drug-likeness (QED) is 0.647. The molecule has 1 aromatic heterocycles. The Balaban J connectivity index is 1.57. The molecule has 0 saturated carbocycles. The molecule has 0 aliphatic rings. The minimum absolute atomic E-state index is 0.0142. The van der Waals surface area contributed by atoms with E-state index in [1.165, 1.54) is 15.6 Å². The van der Waals surface area contributed by atoms with Gasteiger partial charge in [-0.3, -0.25) is 4.79 Å². The number of halogens is 1. The average molecular weight is 375 g/mol. The van der Waals surface area contributed by atoms with E-state index >= 15 is 0 Å². The van der Waals surface area contributed by atoms with Crippen molar-refractivity contribution >= 4 is 39.7 Å². The van der Waals surface area contributed by atoms with Crippen molar-refractivity contribution < 1.29 is 4.79 Å². The molecule has 1 heterocycles. The summed E-state index contributed by atoms with van der Waals surface area (Å²) < 4.78 is 1.34. The van der Waals surface area contributed by atoms with E-state index in [4.69, 9.17) is 0 Å². The summed E-state index contributed by atoms with van der Waals surface area (Å²) >= 11 is 3.71. The largest absolute Gasteiger partial charge is 0.355 e. The second kappa shape index (κ2) is 7.07. The van der Waals surface area contributed by atoms with Gasteiger partial charge in [-0.05, 0) is 24.1 Å². The highest BCUT2D eigenvalue weighted by Crippen LogP contribution is 2.39. The minimum atomic E-state index is 0.0142. The maximum absolute atomic E-state index is 12.0. The number of carbonyl (C=O) groups is 1. The number of benzene rings is 2. The summed E-state index contributed by atoms with van der Waals surface area (Å²) in [5, 5.41) is 6.58. The van der Waals surface area contributed by atoms with Crippen LogP contribution in [0.4, 0.5) is 0 Å². The lowest BCUT2D eigenvalue weighted by atomic mass is 10.1. The molecule has 3 aromatic rings. The normalized spacial score (nSPS) is 11.6. The van der Waals surface area contributed by atoms with Gasteiger partial charge in [-0.1, -0.05) is 42.5 Å². The molecule has 0 saturated heterocycles. The van der Waals surface area contributed by atoms with Gasteiger partial charge in [0.05, 0.1) is 15.3 Å². The highest BCUT2D eigenvalue weighted by atomic mass is 79.9. The Labute approximate surface area is 140 Å². The molecule has 2 nitrogen and oxygen atoms in total. The SMILES string of the molecule is O=C(Cc1ccccc1)NCCc1c[s+](Br)c2ccccc12. The van der Waals surface area contributed by atoms with E-state index < -0.39 is 0 Å². The van der Waals surface area contributed by atoms with Gasteiger partial charge < -0.3 is 5.32 Å². The molecule has 4 heteroatoms. The molecule has 0 spiro atoms. The highest BCUT2D eigenvalue weighted by molar-refractivity contribution is 9.34. The standard InChI is InChI=1S/C18H16BrNOS/c19-22-13-15(16-8-4-5-9-17(16)22)10-11-20-18(21)12-14-6-2-1-3-7-14/h1-9,13H,10-12H2/p+1. The van der Waals surface area contributed by atoms with E-state index in [2.05, 4.69) is 49.8 Å². The van der Waals surface area contributed by atoms with Gasteiger partial charge >= 0.3 is 0 Å². The van der Waals surface area contributed by atoms with Gasteiger partial charge in [0, 0.05) is 17.5 Å². The van der Waals surface area contributed by atoms with E-state index in [1.54, 1.807) is 0 Å². The van der Waals surface area contributed by atoms with Crippen molar-refractivity contribution in [1.29, 1.82) is 0 Å². The lowest BCUT2D eigenvalue weighted by molar-refractivity contribution is -0.120. The number of hydrogen-bond donors (Lipinski definition) is 1. The fourth-order valence-electron chi connectivity index (χ4n) is 2.53. The van der Waals surface area contributed by atoms with Crippen LogP contribution in [-0.4, -0.2) is 12.5 Å². The first kappa shape index (κ1) is 15.3. The third kappa shape index (κ3) is 3.57. The Morgan fingerprint density at radius 2 is 1.77 bits per heavy atom. The summed E-state index contributed by atoms with van der Waals surface area (Å²) in [7, 11) is 0.0142. The molecule has 1 unspecified atom stereocenters. The van der Waals surface area contributed by atoms with Gasteiger partial charge in [0.25, 0.3) is 14.8 Å². The minimum Gasteiger partial charge on any atom is -0.355 e. The second-order valence-corrected chi connectivity index (χ2v) is 8.52. The van der Waals surface area contributed by atoms with Crippen LogP contribution in [0.5, 0.6) is 0 Å². The van der Waals surface area contributed by atoms with E-state index in [1.807, 2.05) is 30.3 Å². The number of rotatable bonds is 5. The molecule has 0 aliphatic carbocycles. The third-order valence-corrected chi connectivity index (χ3v) is 6.49. The average Bonchev–Trinajstić information content (AvgIpc) is 2.85. The zero-order valence-corrected chi connectivity index (χ0v) is 14.5. The van der Waals surface area contributed by atoms with Crippen LogP contribution in [0.1, 0.15) is 11.1 Å². The number of nitrogens with one attached hydrogen (secondary N) is 1. The Bertz CT molecular complexity index is 782. The molecule has 22 heavy (non-hydrogen) atoms. The highest BCUT2D eigenvalue weighted by Gasteiger charge is 2.15. The van der Waals surface area contributed by atoms with Crippen LogP contribution in [0.3, 0.4) is 0 Å². The molecule has 1 N–H and O–H groups in total. The second-order valence-electron chi connectivity index (χ2n) is 5.19. The predicted molar refractivity (Wildman–Crippen MR) is 97.6 cm³/mol. The number of hydrogen-bond acceptors (Lipinski definition) is 1. The topological polar surface area (TPSA) is 29.1 Å². The van der Waals surface area contributed by atoms with Gasteiger partial charge in [0.15, 0.2) is 10.1 Å². The van der Waals surface area contributed by atoms with Crippen LogP contribution in [0.25, 0.3) is 10.1 Å². The van der Waals surface area contributed by atoms with E-state index in [9.17, 15) is 4.79 Å². The van der Waals surface area contributed by atoms with Gasteiger partial charge in [-0.15, -0.1) is 0 Å². The summed E-state index contributed by atoms with van der Waals surface area (Å²) in [6.07, 6.45) is 1.31. The van der Waals surface area contributed by atoms with E-state index in [0.29, 0.717) is 13.0 Å². The van der Waals surface area contributed by atoms with Crippen molar-refractivity contribution in [1.82, 2.24) is 5.32 Å². The molecule has 112 valence electrons. The van der Waals surface area contributed by atoms with Crippen LogP contribution in [0, 0.1) is 0 Å². The van der Waals surface area contributed by atoms with Gasteiger partial charge in [-0.25, -0.2) is 0 Å². The van der Waals surface area contributed by atoms with Crippen LogP contribution in [0.2, 0.25) is 0 Å². The zero-order chi connectivity index (χ0) is 15.4. The van der Waals surface area contributed by atoms with Crippen LogP contribution in [-0.2, 0) is 17.6 Å². The van der Waals surface area contributed by atoms with Crippen molar-refractivity contribution in [2.45, 2.75) is 12.8 Å². The monoisotopic (exact) mass is 374 g/mol. The number of fused-ring (bicyclic) bond motifs is 1. The first-order valence-electron chi connectivity index (χ1n) is 7.24. The van der Waals surface area contributed by atoms with Crippen molar-refractivity contribution in [3.05, 3.63) is 71.1 Å². The van der Waals surface area contributed by atoms with Crippen molar-refractivity contribution in [3.8, 4) is 0 Å². The smallest absolute Gasteiger partial charge is 0.268 e. The number of thiophene rings is 1. The van der Waals surface area contributed by atoms with E-state index in [0.717, 1.165) is 12.0 Å². The molecule has 0 fully saturated rings. The Morgan fingerprint density at radius 3 is 2.59 bits per heavy atom. The van der Waals surface area contributed by atoms with Crippen molar-refractivity contribution in [2.24, 2.45) is 0 Å². The van der Waals surface area contributed by atoms with Crippen molar-refractivity contribution in [3.63, 3.8) is 0 Å². The first-order valence-corrected chi connectivity index (χ1v) is 10.4. The Morgan fingerprint density at radius 1 is 1.05 bits per heavy atom. The lowest BCUT2D eigenvalue weighted by Gasteiger charge is -2.04. The molecular formula is C18H17BrNOS+. The predicted octanol–water partition coefficient (Wildman–Crippen LogP) is 4.65. The molecule has 0 aliphatic heterocycles. The summed E-state index contributed by atoms with van der Waals surface area (Å²) in [6.45, 7) is 0.677. The maximum Gasteiger partial charge on any atom is 0.268 e. The fourth-order valence-corrected chi connectivity index (χ4v) is 5.29. The summed E-state index contributed by atoms with van der Waals surface area (Å²) in [5.74, 6) is 0.0796. The molecule has 2 aromatic carbocycles. The molecule has 1 amide bonds. The fraction of sp³-hybridized carbons (Fsp3) is 0.167. The van der Waals surface area contributed by atoms with Crippen LogP contribution < -0.4 is 5.32 Å². The van der Waals surface area contributed by atoms with Crippen molar-refractivity contribution in [2.75, 3.05) is 6.54 Å². The number of amides is 1. The molecule has 0 radical (unpaired) electrons. The molecule has 3 rings (SSSR count). The third-order valence-electron chi connectivity index (χ3n) is 3.61. The maximum atomic E-state index is 12.0. The Hall–Kier alpha value is -1.65. The zero-order valence-electron chi connectivity index (χ0n) is 12.1. The lowest BCUT2D eigenvalue weighted by Crippen LogP contribution is -2.27. The van der Waals surface area contributed by atoms with Crippen LogP contribution in [0.15, 0.2) is 60.0 Å². The molecule has 1 atom stereocenters. The summed E-state index contributed by atoms with van der Waals surface area (Å²) in [4.78, 5) is 12.0. The van der Waals surface area contributed by atoms with Gasteiger partial charge in [0.2, 0.25) is 5.91 Å². The molecular weight excluding hydrogens is 358 g/mol.